The van der Waals surface area contributed by atoms with Gasteiger partial charge < -0.3 is 4.52 Å². The fraction of sp³-hybridized carbons (Fsp3) is 0.167. The van der Waals surface area contributed by atoms with Crippen LogP contribution in [0.5, 0.6) is 5.75 Å². The van der Waals surface area contributed by atoms with Crippen LogP contribution in [0.4, 0.5) is 0 Å². The lowest BCUT2D eigenvalue weighted by molar-refractivity contribution is 0.509. The Hall–Kier alpha value is -0.240. The maximum Gasteiger partial charge on any atom is 0.428 e. The average molecular weight is 226 g/mol. The van der Waals surface area contributed by atoms with E-state index in [0.717, 1.165) is 0 Å². The molecule has 12 heavy (non-hydrogen) atoms. The van der Waals surface area contributed by atoms with Gasteiger partial charge in [0.15, 0.2) is 0 Å². The number of halogens is 2. The van der Waals surface area contributed by atoms with Crippen molar-refractivity contribution in [1.29, 1.82) is 0 Å². The average Bonchev–Trinajstić information content (AvgIpc) is 1.91. The highest BCUT2D eigenvalue weighted by atomic mass is 35.9. The molecule has 1 aromatic rings. The molecule has 0 amide bonds. The lowest BCUT2D eigenvalue weighted by Gasteiger charge is -2.06. The van der Waals surface area contributed by atoms with Crippen molar-refractivity contribution in [3.63, 3.8) is 0 Å². The Labute approximate surface area is 79.7 Å². The lowest BCUT2D eigenvalue weighted by Crippen LogP contribution is -1.87. The minimum absolute atomic E-state index is 0.339. The van der Waals surface area contributed by atoms with E-state index in [1.54, 1.807) is 25.3 Å². The number of nitrogens with zero attached hydrogens (tertiary/aromatic N) is 1. The van der Waals surface area contributed by atoms with Gasteiger partial charge in [0.05, 0.1) is 5.69 Å². The van der Waals surface area contributed by atoms with Gasteiger partial charge in [0, 0.05) is 28.7 Å². The zero-order chi connectivity index (χ0) is 9.19. The highest BCUT2D eigenvalue weighted by Gasteiger charge is 2.17. The Morgan fingerprint density at radius 3 is 2.75 bits per heavy atom. The van der Waals surface area contributed by atoms with E-state index in [1.165, 1.54) is 0 Å². The second-order valence-electron chi connectivity index (χ2n) is 2.09. The molecule has 6 heteroatoms. The van der Waals surface area contributed by atoms with Crippen molar-refractivity contribution >= 4 is 28.6 Å². The largest absolute Gasteiger partial charge is 0.428 e. The smallest absolute Gasteiger partial charge is 0.420 e. The van der Waals surface area contributed by atoms with E-state index in [4.69, 9.17) is 27.0 Å². The van der Waals surface area contributed by atoms with Crippen molar-refractivity contribution in [2.45, 2.75) is 6.92 Å². The molecule has 1 aromatic heterocycles. The quantitative estimate of drug-likeness (QED) is 0.725. The summed E-state index contributed by atoms with van der Waals surface area (Å²) in [5.41, 5.74) is 0.596. The van der Waals surface area contributed by atoms with Crippen molar-refractivity contribution in [2.75, 3.05) is 0 Å². The summed E-state index contributed by atoms with van der Waals surface area (Å²) >= 11 is 10.4. The summed E-state index contributed by atoms with van der Waals surface area (Å²) in [6.07, 6.45) is -1.92. The first-order valence-corrected chi connectivity index (χ1v) is 6.53. The van der Waals surface area contributed by atoms with Crippen molar-refractivity contribution < 1.29 is 9.09 Å². The molecule has 0 aliphatic heterocycles. The first kappa shape index (κ1) is 9.85. The molecule has 0 fully saturated rings. The summed E-state index contributed by atoms with van der Waals surface area (Å²) in [7, 11) is 0. The van der Waals surface area contributed by atoms with E-state index in [2.05, 4.69) is 4.98 Å². The molecule has 0 aromatic carbocycles. The first-order chi connectivity index (χ1) is 5.49. The predicted octanol–water partition coefficient (Wildman–Crippen LogP) is 3.35. The van der Waals surface area contributed by atoms with Gasteiger partial charge in [-0.3, -0.25) is 4.98 Å². The number of hydrogen-bond acceptors (Lipinski definition) is 3. The number of aryl methyl sites for hydroxylation is 1. The van der Waals surface area contributed by atoms with Crippen LogP contribution in [0.3, 0.4) is 0 Å². The van der Waals surface area contributed by atoms with Gasteiger partial charge in [0.2, 0.25) is 0 Å². The highest BCUT2D eigenvalue weighted by Crippen LogP contribution is 2.57. The Bertz CT molecular complexity index is 325. The van der Waals surface area contributed by atoms with E-state index < -0.39 is 6.07 Å². The van der Waals surface area contributed by atoms with Gasteiger partial charge in [-0.05, 0) is 19.1 Å². The van der Waals surface area contributed by atoms with Crippen LogP contribution in [0.1, 0.15) is 5.69 Å². The molecule has 66 valence electrons. The van der Waals surface area contributed by atoms with Crippen LogP contribution < -0.4 is 4.52 Å². The van der Waals surface area contributed by atoms with Crippen LogP contribution in [-0.4, -0.2) is 4.98 Å². The van der Waals surface area contributed by atoms with Gasteiger partial charge in [-0.15, -0.1) is 0 Å². The molecule has 1 heterocycles. The van der Waals surface area contributed by atoms with E-state index in [1.807, 2.05) is 0 Å². The number of pyridine rings is 1. The van der Waals surface area contributed by atoms with Gasteiger partial charge in [0.1, 0.15) is 5.75 Å². The van der Waals surface area contributed by atoms with Crippen molar-refractivity contribution in [3.8, 4) is 5.75 Å². The molecule has 0 radical (unpaired) electrons. The highest BCUT2D eigenvalue weighted by molar-refractivity contribution is 8.05. The molecule has 0 atom stereocenters. The monoisotopic (exact) mass is 225 g/mol. The minimum Gasteiger partial charge on any atom is -0.420 e. The zero-order valence-corrected chi connectivity index (χ0v) is 8.61. The third-order valence-electron chi connectivity index (χ3n) is 1.16. The number of hydrogen-bond donors (Lipinski definition) is 0. The van der Waals surface area contributed by atoms with E-state index in [9.17, 15) is 4.57 Å². The molecule has 0 spiro atoms. The standard InChI is InChI=1S/C6H6Cl2NO2P/c1-5-6(3-2-4-9-5)11-12(7,8)10/h2-4H,1H3. The summed E-state index contributed by atoms with van der Waals surface area (Å²) in [5.74, 6) is 0.339. The van der Waals surface area contributed by atoms with E-state index in [0.29, 0.717) is 11.4 Å². The first-order valence-electron chi connectivity index (χ1n) is 3.09. The lowest BCUT2D eigenvalue weighted by atomic mass is 10.3. The molecule has 3 nitrogen and oxygen atoms in total. The van der Waals surface area contributed by atoms with Crippen LogP contribution in [0, 0.1) is 6.92 Å². The second-order valence-corrected chi connectivity index (χ2v) is 6.29. The SMILES string of the molecule is Cc1ncccc1OP(=O)(Cl)Cl. The summed E-state index contributed by atoms with van der Waals surface area (Å²) in [6, 6.07) is 3.24. The minimum atomic E-state index is -3.51. The molecule has 0 N–H and O–H groups in total. The van der Waals surface area contributed by atoms with Crippen LogP contribution in [0.25, 0.3) is 0 Å². The molecular weight excluding hydrogens is 220 g/mol. The van der Waals surface area contributed by atoms with Crippen LogP contribution >= 0.6 is 28.6 Å². The molecule has 0 aliphatic carbocycles. The van der Waals surface area contributed by atoms with Crippen LogP contribution in [0.2, 0.25) is 0 Å². The molecular formula is C6H6Cl2NO2P. The van der Waals surface area contributed by atoms with Crippen molar-refractivity contribution in [2.24, 2.45) is 0 Å². The van der Waals surface area contributed by atoms with Crippen LogP contribution in [-0.2, 0) is 4.57 Å². The topological polar surface area (TPSA) is 39.2 Å². The third-order valence-corrected chi connectivity index (χ3v) is 1.99. The van der Waals surface area contributed by atoms with Gasteiger partial charge in [0.25, 0.3) is 0 Å². The Kier molecular flexibility index (Phi) is 2.99. The molecule has 1 rings (SSSR count). The summed E-state index contributed by atoms with van der Waals surface area (Å²) in [4.78, 5) is 3.90. The predicted molar refractivity (Wildman–Crippen MR) is 48.9 cm³/mol. The molecule has 0 bridgehead atoms. The van der Waals surface area contributed by atoms with E-state index >= 15 is 0 Å². The normalized spacial score (nSPS) is 11.2. The maximum atomic E-state index is 10.8. The van der Waals surface area contributed by atoms with Gasteiger partial charge >= 0.3 is 6.07 Å². The maximum absolute atomic E-state index is 10.8. The van der Waals surface area contributed by atoms with Gasteiger partial charge in [-0.25, -0.2) is 4.57 Å². The van der Waals surface area contributed by atoms with Gasteiger partial charge in [-0.1, -0.05) is 0 Å². The Morgan fingerprint density at radius 2 is 2.25 bits per heavy atom. The van der Waals surface area contributed by atoms with Crippen molar-refractivity contribution in [3.05, 3.63) is 24.0 Å². The second kappa shape index (κ2) is 3.65. The van der Waals surface area contributed by atoms with Crippen molar-refractivity contribution in [1.82, 2.24) is 4.98 Å². The fourth-order valence-electron chi connectivity index (χ4n) is 0.680. The Balaban J connectivity index is 2.90. The summed E-state index contributed by atoms with van der Waals surface area (Å²) < 4.78 is 15.6. The third kappa shape index (κ3) is 3.02. The molecule has 0 unspecified atom stereocenters. The Morgan fingerprint density at radius 1 is 1.58 bits per heavy atom. The van der Waals surface area contributed by atoms with Crippen LogP contribution in [0.15, 0.2) is 18.3 Å². The number of aromatic nitrogens is 1. The molecule has 0 saturated heterocycles. The van der Waals surface area contributed by atoms with Gasteiger partial charge in [-0.2, -0.15) is 0 Å². The molecule has 0 aliphatic rings. The summed E-state index contributed by atoms with van der Waals surface area (Å²) in [6.45, 7) is 1.71. The fourth-order valence-corrected chi connectivity index (χ4v) is 1.55. The summed E-state index contributed by atoms with van der Waals surface area (Å²) in [5, 5.41) is 0. The molecule has 0 saturated carbocycles. The number of rotatable bonds is 2. The van der Waals surface area contributed by atoms with E-state index in [-0.39, 0.29) is 0 Å². The zero-order valence-electron chi connectivity index (χ0n) is 6.20.